The lowest BCUT2D eigenvalue weighted by Crippen LogP contribution is -2.17. The van der Waals surface area contributed by atoms with Crippen LogP contribution in [0.4, 0.5) is 11.4 Å². The molecule has 0 aliphatic carbocycles. The van der Waals surface area contributed by atoms with Crippen LogP contribution in [0.2, 0.25) is 5.02 Å². The summed E-state index contributed by atoms with van der Waals surface area (Å²) in [6.07, 6.45) is 0. The molecule has 5 nitrogen and oxygen atoms in total. The minimum atomic E-state index is -0.328. The van der Waals surface area contributed by atoms with Gasteiger partial charge in [0.1, 0.15) is 5.75 Å². The number of nitrogen functional groups attached to an aromatic ring is 1. The molecule has 0 unspecified atom stereocenters. The van der Waals surface area contributed by atoms with E-state index in [1.807, 2.05) is 0 Å². The lowest BCUT2D eigenvalue weighted by atomic mass is 10.1. The van der Waals surface area contributed by atoms with Gasteiger partial charge < -0.3 is 15.5 Å². The molecule has 2 aromatic carbocycles. The number of nitrogens with two attached hydrogens (primary N) is 1. The first-order valence-corrected chi connectivity index (χ1v) is 7.12. The third-order valence-electron chi connectivity index (χ3n) is 2.75. The van der Waals surface area contributed by atoms with Crippen LogP contribution in [0.5, 0.6) is 5.75 Å². The van der Waals surface area contributed by atoms with E-state index in [2.05, 4.69) is 26.7 Å². The highest BCUT2D eigenvalue weighted by Crippen LogP contribution is 2.26. The predicted molar refractivity (Wildman–Crippen MR) is 87.9 cm³/mol. The van der Waals surface area contributed by atoms with Gasteiger partial charge in [0.15, 0.2) is 0 Å². The summed E-state index contributed by atoms with van der Waals surface area (Å²) in [5.41, 5.74) is 3.90. The first-order valence-electron chi connectivity index (χ1n) is 5.95. The average Bonchev–Trinajstić information content (AvgIpc) is 2.46. The van der Waals surface area contributed by atoms with Gasteiger partial charge in [-0.3, -0.25) is 10.6 Å². The molecule has 0 bridgehead atoms. The number of amides is 1. The van der Waals surface area contributed by atoms with E-state index in [4.69, 9.17) is 22.2 Å². The molecule has 0 aliphatic rings. The third kappa shape index (κ3) is 3.87. The number of hydrogen-bond donors (Lipinski definition) is 3. The molecule has 0 atom stereocenters. The molecule has 1 amide bonds. The Morgan fingerprint density at radius 2 is 2.05 bits per heavy atom. The van der Waals surface area contributed by atoms with Gasteiger partial charge in [-0.05, 0) is 30.3 Å². The lowest BCUT2D eigenvalue weighted by molar-refractivity contribution is 0.102. The molecule has 0 spiro atoms. The zero-order chi connectivity index (χ0) is 15.4. The van der Waals surface area contributed by atoms with Gasteiger partial charge in [0.05, 0.1) is 18.4 Å². The standard InChI is InChI=1S/C14H13BrClN3O2/c1-21-11-5-8(15)4-10(7-11)18-14(20)12-6-9(16)2-3-13(12)19-17/h2-7,19H,17H2,1H3,(H,18,20). The topological polar surface area (TPSA) is 76.4 Å². The summed E-state index contributed by atoms with van der Waals surface area (Å²) < 4.78 is 5.94. The van der Waals surface area contributed by atoms with Crippen molar-refractivity contribution in [2.75, 3.05) is 17.9 Å². The molecule has 0 saturated heterocycles. The molecule has 0 radical (unpaired) electrons. The van der Waals surface area contributed by atoms with Crippen molar-refractivity contribution in [2.24, 2.45) is 5.84 Å². The Bertz CT molecular complexity index is 679. The van der Waals surface area contributed by atoms with Crippen LogP contribution in [0.1, 0.15) is 10.4 Å². The van der Waals surface area contributed by atoms with Gasteiger partial charge >= 0.3 is 0 Å². The average molecular weight is 371 g/mol. The molecule has 7 heteroatoms. The number of hydrazine groups is 1. The number of anilines is 2. The highest BCUT2D eigenvalue weighted by Gasteiger charge is 2.13. The molecule has 21 heavy (non-hydrogen) atoms. The highest BCUT2D eigenvalue weighted by molar-refractivity contribution is 9.10. The van der Waals surface area contributed by atoms with E-state index in [0.717, 1.165) is 4.47 Å². The van der Waals surface area contributed by atoms with Gasteiger partial charge in [-0.1, -0.05) is 27.5 Å². The van der Waals surface area contributed by atoms with Gasteiger partial charge in [0.25, 0.3) is 5.91 Å². The summed E-state index contributed by atoms with van der Waals surface area (Å²) in [7, 11) is 1.56. The van der Waals surface area contributed by atoms with Gasteiger partial charge in [-0.15, -0.1) is 0 Å². The van der Waals surface area contributed by atoms with E-state index in [1.165, 1.54) is 0 Å². The number of carbonyl (C=O) groups is 1. The number of carbonyl (C=O) groups excluding carboxylic acids is 1. The summed E-state index contributed by atoms with van der Waals surface area (Å²) in [5, 5.41) is 3.22. The van der Waals surface area contributed by atoms with Gasteiger partial charge in [0.2, 0.25) is 0 Å². The van der Waals surface area contributed by atoms with E-state index in [9.17, 15) is 4.79 Å². The molecule has 2 rings (SSSR count). The van der Waals surface area contributed by atoms with Crippen molar-refractivity contribution in [1.29, 1.82) is 0 Å². The SMILES string of the molecule is COc1cc(Br)cc(NC(=O)c2cc(Cl)ccc2NN)c1. The summed E-state index contributed by atoms with van der Waals surface area (Å²) in [6.45, 7) is 0. The zero-order valence-electron chi connectivity index (χ0n) is 11.1. The fourth-order valence-corrected chi connectivity index (χ4v) is 2.43. The smallest absolute Gasteiger partial charge is 0.257 e. The molecule has 0 heterocycles. The number of rotatable bonds is 4. The Balaban J connectivity index is 2.30. The molecule has 0 saturated carbocycles. The third-order valence-corrected chi connectivity index (χ3v) is 3.44. The Labute approximate surface area is 135 Å². The minimum absolute atomic E-state index is 0.328. The second-order valence-corrected chi connectivity index (χ2v) is 5.52. The maximum atomic E-state index is 12.3. The van der Waals surface area contributed by atoms with Crippen LogP contribution in [0.15, 0.2) is 40.9 Å². The fourth-order valence-electron chi connectivity index (χ4n) is 1.78. The minimum Gasteiger partial charge on any atom is -0.497 e. The van der Waals surface area contributed by atoms with E-state index in [0.29, 0.717) is 27.7 Å². The van der Waals surface area contributed by atoms with Gasteiger partial charge in [-0.2, -0.15) is 0 Å². The number of methoxy groups -OCH3 is 1. The summed E-state index contributed by atoms with van der Waals surface area (Å²) >= 11 is 9.27. The van der Waals surface area contributed by atoms with Crippen LogP contribution < -0.4 is 21.3 Å². The molecule has 110 valence electrons. The normalized spacial score (nSPS) is 10.1. The summed E-state index contributed by atoms with van der Waals surface area (Å²) in [6, 6.07) is 10.1. The van der Waals surface area contributed by atoms with Crippen LogP contribution in [0, 0.1) is 0 Å². The predicted octanol–water partition coefficient (Wildman–Crippen LogP) is 3.65. The fraction of sp³-hybridized carbons (Fsp3) is 0.0714. The van der Waals surface area contributed by atoms with Crippen molar-refractivity contribution >= 4 is 44.8 Å². The second kappa shape index (κ2) is 6.80. The van der Waals surface area contributed by atoms with Crippen molar-refractivity contribution in [1.82, 2.24) is 0 Å². The molecule has 0 aliphatic heterocycles. The number of benzene rings is 2. The zero-order valence-corrected chi connectivity index (χ0v) is 13.5. The summed E-state index contributed by atoms with van der Waals surface area (Å²) in [5.74, 6) is 5.70. The largest absolute Gasteiger partial charge is 0.497 e. The Morgan fingerprint density at radius 1 is 1.29 bits per heavy atom. The van der Waals surface area contributed by atoms with Gasteiger partial charge in [0, 0.05) is 21.2 Å². The van der Waals surface area contributed by atoms with E-state index < -0.39 is 0 Å². The highest BCUT2D eigenvalue weighted by atomic mass is 79.9. The first kappa shape index (κ1) is 15.6. The van der Waals surface area contributed by atoms with Crippen molar-refractivity contribution < 1.29 is 9.53 Å². The van der Waals surface area contributed by atoms with E-state index in [-0.39, 0.29) is 5.91 Å². The van der Waals surface area contributed by atoms with E-state index >= 15 is 0 Å². The lowest BCUT2D eigenvalue weighted by Gasteiger charge is -2.11. The maximum Gasteiger partial charge on any atom is 0.257 e. The van der Waals surface area contributed by atoms with Crippen LogP contribution >= 0.6 is 27.5 Å². The van der Waals surface area contributed by atoms with Crippen molar-refractivity contribution in [3.63, 3.8) is 0 Å². The number of halogens is 2. The molecule has 2 aromatic rings. The quantitative estimate of drug-likeness (QED) is 0.567. The molecule has 4 N–H and O–H groups in total. The second-order valence-electron chi connectivity index (χ2n) is 4.17. The van der Waals surface area contributed by atoms with Crippen LogP contribution in [0.3, 0.4) is 0 Å². The molecular formula is C14H13BrClN3O2. The van der Waals surface area contributed by atoms with Crippen molar-refractivity contribution in [2.45, 2.75) is 0 Å². The van der Waals surface area contributed by atoms with Crippen LogP contribution in [-0.4, -0.2) is 13.0 Å². The Kier molecular flexibility index (Phi) is 5.06. The summed E-state index contributed by atoms with van der Waals surface area (Å²) in [4.78, 5) is 12.3. The van der Waals surface area contributed by atoms with Crippen molar-refractivity contribution in [3.8, 4) is 5.75 Å². The Hall–Kier alpha value is -1.76. The molecule has 0 fully saturated rings. The molecule has 0 aromatic heterocycles. The van der Waals surface area contributed by atoms with Crippen LogP contribution in [-0.2, 0) is 0 Å². The molecular weight excluding hydrogens is 358 g/mol. The first-order chi connectivity index (χ1) is 10.0. The number of ether oxygens (including phenoxy) is 1. The number of nitrogens with one attached hydrogen (secondary N) is 2. The van der Waals surface area contributed by atoms with Crippen LogP contribution in [0.25, 0.3) is 0 Å². The Morgan fingerprint density at radius 3 is 2.71 bits per heavy atom. The van der Waals surface area contributed by atoms with E-state index in [1.54, 1.807) is 43.5 Å². The van der Waals surface area contributed by atoms with Gasteiger partial charge in [-0.25, -0.2) is 0 Å². The monoisotopic (exact) mass is 369 g/mol. The van der Waals surface area contributed by atoms with Crippen molar-refractivity contribution in [3.05, 3.63) is 51.5 Å². The number of hydrogen-bond acceptors (Lipinski definition) is 4. The maximum absolute atomic E-state index is 12.3.